The highest BCUT2D eigenvalue weighted by Crippen LogP contribution is 2.38. The van der Waals surface area contributed by atoms with Gasteiger partial charge in [0.05, 0.1) is 6.04 Å². The normalized spacial score (nSPS) is 19.9. The van der Waals surface area contributed by atoms with Gasteiger partial charge in [-0.15, -0.1) is 0 Å². The molecule has 1 saturated heterocycles. The summed E-state index contributed by atoms with van der Waals surface area (Å²) in [5, 5.41) is 17.1. The molecule has 1 saturated carbocycles. The number of halogens is 1. The van der Waals surface area contributed by atoms with Gasteiger partial charge in [-0.05, 0) is 62.3 Å². The van der Waals surface area contributed by atoms with Crippen molar-refractivity contribution in [3.63, 3.8) is 0 Å². The molecule has 4 rings (SSSR count). The SMILES string of the molecule is Cc1cccc(C(NC(=O)O[C@@H](CC2CCCCC2)C(=O)N[C@@H](C)C[C@@H]2CCN(O)C2=O)C(C)(C)c2cccc(Cl)c2)c1. The smallest absolute Gasteiger partial charge is 0.408 e. The van der Waals surface area contributed by atoms with Crippen LogP contribution in [0.5, 0.6) is 0 Å². The quantitative estimate of drug-likeness (QED) is 0.240. The zero-order chi connectivity index (χ0) is 31.1. The summed E-state index contributed by atoms with van der Waals surface area (Å²) in [5.41, 5.74) is 2.37. The fraction of sp³-hybridized carbons (Fsp3) is 0.559. The van der Waals surface area contributed by atoms with Gasteiger partial charge >= 0.3 is 6.09 Å². The number of nitrogens with zero attached hydrogens (tertiary/aromatic N) is 1. The summed E-state index contributed by atoms with van der Waals surface area (Å²) in [6, 6.07) is 14.8. The first-order valence-corrected chi connectivity index (χ1v) is 15.9. The molecular weight excluding hydrogens is 566 g/mol. The maximum atomic E-state index is 13.6. The number of benzene rings is 2. The average Bonchev–Trinajstić information content (AvgIpc) is 3.28. The van der Waals surface area contributed by atoms with Gasteiger partial charge in [0.25, 0.3) is 5.91 Å². The van der Waals surface area contributed by atoms with Gasteiger partial charge < -0.3 is 15.4 Å². The van der Waals surface area contributed by atoms with Crippen LogP contribution in [0.25, 0.3) is 0 Å². The van der Waals surface area contributed by atoms with Gasteiger partial charge in [0.2, 0.25) is 5.91 Å². The number of nitrogens with one attached hydrogen (secondary N) is 2. The lowest BCUT2D eigenvalue weighted by Crippen LogP contribution is -2.47. The van der Waals surface area contributed by atoms with Gasteiger partial charge in [0.15, 0.2) is 6.10 Å². The van der Waals surface area contributed by atoms with Crippen LogP contribution in [0.2, 0.25) is 5.02 Å². The van der Waals surface area contributed by atoms with E-state index in [9.17, 15) is 19.6 Å². The molecule has 2 aromatic carbocycles. The third-order valence-electron chi connectivity index (χ3n) is 9.06. The first-order chi connectivity index (χ1) is 20.4. The van der Waals surface area contributed by atoms with Crippen LogP contribution < -0.4 is 10.6 Å². The van der Waals surface area contributed by atoms with E-state index in [0.29, 0.717) is 36.7 Å². The van der Waals surface area contributed by atoms with Gasteiger partial charge in [0.1, 0.15) is 0 Å². The Labute approximate surface area is 260 Å². The topological polar surface area (TPSA) is 108 Å². The highest BCUT2D eigenvalue weighted by molar-refractivity contribution is 6.30. The molecule has 0 radical (unpaired) electrons. The lowest BCUT2D eigenvalue weighted by atomic mass is 9.74. The van der Waals surface area contributed by atoms with Crippen molar-refractivity contribution >= 4 is 29.5 Å². The summed E-state index contributed by atoms with van der Waals surface area (Å²) in [4.78, 5) is 39.4. The number of ether oxygens (including phenoxy) is 1. The predicted molar refractivity (Wildman–Crippen MR) is 167 cm³/mol. The maximum Gasteiger partial charge on any atom is 0.408 e. The van der Waals surface area contributed by atoms with Crippen molar-refractivity contribution in [1.29, 1.82) is 0 Å². The molecule has 1 aliphatic carbocycles. The van der Waals surface area contributed by atoms with Crippen LogP contribution in [0.4, 0.5) is 4.79 Å². The Balaban J connectivity index is 1.52. The molecule has 0 aromatic heterocycles. The van der Waals surface area contributed by atoms with Gasteiger partial charge in [-0.3, -0.25) is 14.8 Å². The highest BCUT2D eigenvalue weighted by atomic mass is 35.5. The van der Waals surface area contributed by atoms with Gasteiger partial charge in [-0.1, -0.05) is 99.5 Å². The van der Waals surface area contributed by atoms with Gasteiger partial charge in [0, 0.05) is 28.9 Å². The van der Waals surface area contributed by atoms with Crippen molar-refractivity contribution in [2.45, 2.75) is 103 Å². The van der Waals surface area contributed by atoms with Crippen molar-refractivity contribution in [1.82, 2.24) is 15.7 Å². The second kappa shape index (κ2) is 14.6. The summed E-state index contributed by atoms with van der Waals surface area (Å²) in [7, 11) is 0. The molecule has 0 spiro atoms. The van der Waals surface area contributed by atoms with Crippen LogP contribution in [0, 0.1) is 18.8 Å². The number of hydrogen-bond donors (Lipinski definition) is 3. The molecule has 1 aliphatic heterocycles. The predicted octanol–water partition coefficient (Wildman–Crippen LogP) is 6.87. The van der Waals surface area contributed by atoms with Gasteiger partial charge in [-0.2, -0.15) is 0 Å². The molecule has 0 bridgehead atoms. The zero-order valence-corrected chi connectivity index (χ0v) is 26.5. The summed E-state index contributed by atoms with van der Waals surface area (Å²) < 4.78 is 5.96. The maximum absolute atomic E-state index is 13.6. The number of carbonyl (C=O) groups is 3. The molecule has 2 aliphatic rings. The molecule has 2 aromatic rings. The van der Waals surface area contributed by atoms with E-state index in [4.69, 9.17) is 16.3 Å². The molecule has 1 unspecified atom stereocenters. The van der Waals surface area contributed by atoms with Crippen molar-refractivity contribution in [3.05, 3.63) is 70.2 Å². The first kappa shape index (κ1) is 32.8. The van der Waals surface area contributed by atoms with E-state index in [0.717, 1.165) is 47.4 Å². The lowest BCUT2D eigenvalue weighted by molar-refractivity contribution is -0.160. The molecule has 3 N–H and O–H groups in total. The Bertz CT molecular complexity index is 1280. The van der Waals surface area contributed by atoms with E-state index in [1.165, 1.54) is 6.42 Å². The number of carbonyl (C=O) groups excluding carboxylic acids is 3. The van der Waals surface area contributed by atoms with Crippen LogP contribution in [0.3, 0.4) is 0 Å². The summed E-state index contributed by atoms with van der Waals surface area (Å²) in [6.07, 6.45) is 5.17. The monoisotopic (exact) mass is 611 g/mol. The Morgan fingerprint density at radius 3 is 2.42 bits per heavy atom. The lowest BCUT2D eigenvalue weighted by Gasteiger charge is -2.36. The Hall–Kier alpha value is -3.10. The number of alkyl carbamates (subject to hydrolysis) is 1. The standard InChI is InChI=1S/C34H46ClN3O5/c1-22-10-8-13-25(18-22)30(34(3,4)27-14-9-15-28(35)21-27)37-33(41)43-29(20-24-11-6-5-7-12-24)31(39)36-23(2)19-26-16-17-38(42)32(26)40/h8-10,13-15,18,21,23-24,26,29-30,42H,5-7,11-12,16-17,19-20H2,1-4H3,(H,36,39)(H,37,41)/t23-,26-,29-,30?/m0/s1. The minimum absolute atomic E-state index is 0.294. The fourth-order valence-electron chi connectivity index (χ4n) is 6.56. The Morgan fingerprint density at radius 1 is 1.05 bits per heavy atom. The number of hydrogen-bond acceptors (Lipinski definition) is 5. The van der Waals surface area contributed by atoms with Crippen molar-refractivity contribution in [3.8, 4) is 0 Å². The molecule has 3 amide bonds. The molecule has 2 fully saturated rings. The molecule has 4 atom stereocenters. The minimum Gasteiger partial charge on any atom is -0.436 e. The third-order valence-corrected chi connectivity index (χ3v) is 9.30. The van der Waals surface area contributed by atoms with Crippen LogP contribution in [0.1, 0.15) is 94.9 Å². The highest BCUT2D eigenvalue weighted by Gasteiger charge is 2.37. The van der Waals surface area contributed by atoms with Crippen LogP contribution >= 0.6 is 11.6 Å². The second-order valence-electron chi connectivity index (χ2n) is 12.9. The third kappa shape index (κ3) is 8.73. The van der Waals surface area contributed by atoms with Crippen molar-refractivity contribution in [2.75, 3.05) is 6.54 Å². The van der Waals surface area contributed by atoms with Crippen molar-refractivity contribution < 1.29 is 24.3 Å². The summed E-state index contributed by atoms with van der Waals surface area (Å²) in [6.45, 7) is 8.25. The van der Waals surface area contributed by atoms with E-state index < -0.39 is 23.7 Å². The van der Waals surface area contributed by atoms with E-state index in [1.54, 1.807) is 0 Å². The molecule has 1 heterocycles. The van der Waals surface area contributed by atoms with Crippen LogP contribution in [-0.4, -0.2) is 46.9 Å². The number of rotatable bonds is 11. The molecular formula is C34H46ClN3O5. The summed E-state index contributed by atoms with van der Waals surface area (Å²) >= 11 is 6.35. The summed E-state index contributed by atoms with van der Waals surface area (Å²) in [5.74, 6) is -0.728. The van der Waals surface area contributed by atoms with Crippen molar-refractivity contribution in [2.24, 2.45) is 11.8 Å². The van der Waals surface area contributed by atoms with E-state index in [1.807, 2.05) is 62.4 Å². The molecule has 8 nitrogen and oxygen atoms in total. The molecule has 43 heavy (non-hydrogen) atoms. The molecule has 9 heteroatoms. The Morgan fingerprint density at radius 2 is 1.77 bits per heavy atom. The Kier molecular flexibility index (Phi) is 11.1. The van der Waals surface area contributed by atoms with Crippen LogP contribution in [0.15, 0.2) is 48.5 Å². The first-order valence-electron chi connectivity index (χ1n) is 15.5. The van der Waals surface area contributed by atoms with E-state index in [2.05, 4.69) is 24.5 Å². The van der Waals surface area contributed by atoms with E-state index in [-0.39, 0.29) is 23.8 Å². The minimum atomic E-state index is -0.966. The van der Waals surface area contributed by atoms with E-state index >= 15 is 0 Å². The fourth-order valence-corrected chi connectivity index (χ4v) is 6.75. The molecule has 234 valence electrons. The van der Waals surface area contributed by atoms with Crippen LogP contribution in [-0.2, 0) is 19.7 Å². The number of aryl methyl sites for hydroxylation is 1. The number of amides is 3. The largest absolute Gasteiger partial charge is 0.436 e. The average molecular weight is 612 g/mol. The zero-order valence-electron chi connectivity index (χ0n) is 25.8. The second-order valence-corrected chi connectivity index (χ2v) is 13.4. The van der Waals surface area contributed by atoms with Gasteiger partial charge in [-0.25, -0.2) is 9.86 Å². The number of hydroxylamine groups is 2.